The average Bonchev–Trinajstić information content (AvgIpc) is 2.51. The second kappa shape index (κ2) is 3.11. The van der Waals surface area contributed by atoms with Crippen LogP contribution >= 0.6 is 0 Å². The van der Waals surface area contributed by atoms with Crippen LogP contribution in [0.25, 0.3) is 10.9 Å². The normalized spacial score (nSPS) is 13.1. The fourth-order valence-corrected chi connectivity index (χ4v) is 1.34. The number of rotatable bonds is 2. The van der Waals surface area contributed by atoms with E-state index in [1.54, 1.807) is 6.92 Å². The number of hydrogen-bond donors (Lipinski definition) is 2. The van der Waals surface area contributed by atoms with E-state index in [4.69, 9.17) is 9.84 Å². The molecule has 0 aliphatic carbocycles. The summed E-state index contributed by atoms with van der Waals surface area (Å²) in [6.45, 7) is 1.59. The standard InChI is InChI=1S/C10H11NO2/c1-7(12)13-10-4-2-3-9-8(10)5-6-11-9/h2-7,11-12H,1H3. The molecule has 2 aromatic rings. The number of aromatic amines is 1. The molecule has 0 amide bonds. The minimum atomic E-state index is -0.777. The Morgan fingerprint density at radius 1 is 1.38 bits per heavy atom. The number of ether oxygens (including phenoxy) is 1. The minimum Gasteiger partial charge on any atom is -0.465 e. The zero-order chi connectivity index (χ0) is 9.26. The van der Waals surface area contributed by atoms with Crippen LogP contribution in [0.15, 0.2) is 30.5 Å². The van der Waals surface area contributed by atoms with Crippen molar-refractivity contribution in [2.45, 2.75) is 13.2 Å². The van der Waals surface area contributed by atoms with Crippen molar-refractivity contribution in [3.05, 3.63) is 30.5 Å². The van der Waals surface area contributed by atoms with Crippen LogP contribution in [0.4, 0.5) is 0 Å². The lowest BCUT2D eigenvalue weighted by molar-refractivity contribution is 0.000882. The Morgan fingerprint density at radius 2 is 2.23 bits per heavy atom. The van der Waals surface area contributed by atoms with E-state index in [1.807, 2.05) is 30.5 Å². The highest BCUT2D eigenvalue weighted by Crippen LogP contribution is 2.24. The van der Waals surface area contributed by atoms with Crippen LogP contribution in [0.2, 0.25) is 0 Å². The third-order valence-electron chi connectivity index (χ3n) is 1.85. The number of aliphatic hydroxyl groups is 1. The maximum atomic E-state index is 9.07. The molecule has 2 rings (SSSR count). The largest absolute Gasteiger partial charge is 0.465 e. The summed E-state index contributed by atoms with van der Waals surface area (Å²) in [7, 11) is 0. The number of nitrogens with one attached hydrogen (secondary N) is 1. The van der Waals surface area contributed by atoms with Gasteiger partial charge in [0.25, 0.3) is 0 Å². The molecule has 1 atom stereocenters. The van der Waals surface area contributed by atoms with Crippen molar-refractivity contribution in [1.29, 1.82) is 0 Å². The fourth-order valence-electron chi connectivity index (χ4n) is 1.34. The second-order valence-corrected chi connectivity index (χ2v) is 2.91. The van der Waals surface area contributed by atoms with E-state index >= 15 is 0 Å². The molecule has 1 aromatic heterocycles. The van der Waals surface area contributed by atoms with E-state index in [-0.39, 0.29) is 0 Å². The van der Waals surface area contributed by atoms with Crippen LogP contribution < -0.4 is 4.74 Å². The molecule has 0 aliphatic rings. The highest BCUT2D eigenvalue weighted by atomic mass is 16.6. The number of benzene rings is 1. The lowest BCUT2D eigenvalue weighted by Crippen LogP contribution is -2.09. The molecule has 0 saturated carbocycles. The van der Waals surface area contributed by atoms with Gasteiger partial charge in [-0.25, -0.2) is 0 Å². The highest BCUT2D eigenvalue weighted by molar-refractivity contribution is 5.85. The molecule has 2 N–H and O–H groups in total. The molecule has 0 saturated heterocycles. The Bertz CT molecular complexity index is 406. The van der Waals surface area contributed by atoms with Crippen LogP contribution in [0.3, 0.4) is 0 Å². The third-order valence-corrected chi connectivity index (χ3v) is 1.85. The molecule has 3 nitrogen and oxygen atoms in total. The summed E-state index contributed by atoms with van der Waals surface area (Å²) < 4.78 is 5.22. The summed E-state index contributed by atoms with van der Waals surface area (Å²) in [6.07, 6.45) is 1.07. The first-order valence-electron chi connectivity index (χ1n) is 4.18. The van der Waals surface area contributed by atoms with Gasteiger partial charge < -0.3 is 14.8 Å². The summed E-state index contributed by atoms with van der Waals surface area (Å²) in [6, 6.07) is 7.61. The van der Waals surface area contributed by atoms with Crippen LogP contribution in [0.1, 0.15) is 6.92 Å². The maximum absolute atomic E-state index is 9.07. The lowest BCUT2D eigenvalue weighted by atomic mass is 10.2. The van der Waals surface area contributed by atoms with Crippen LogP contribution in [0, 0.1) is 0 Å². The quantitative estimate of drug-likeness (QED) is 0.688. The summed E-state index contributed by atoms with van der Waals surface area (Å²) in [5, 5.41) is 10.1. The van der Waals surface area contributed by atoms with Gasteiger partial charge in [-0.15, -0.1) is 0 Å². The SMILES string of the molecule is CC(O)Oc1cccc2[nH]ccc12. The van der Waals surface area contributed by atoms with Gasteiger partial charge in [0.1, 0.15) is 5.75 Å². The van der Waals surface area contributed by atoms with Gasteiger partial charge in [0.05, 0.1) is 0 Å². The van der Waals surface area contributed by atoms with E-state index in [1.165, 1.54) is 0 Å². The molecular formula is C10H11NO2. The Morgan fingerprint density at radius 3 is 3.00 bits per heavy atom. The molecule has 1 unspecified atom stereocenters. The smallest absolute Gasteiger partial charge is 0.194 e. The van der Waals surface area contributed by atoms with Crippen molar-refractivity contribution in [3.63, 3.8) is 0 Å². The van der Waals surface area contributed by atoms with Gasteiger partial charge in [0.2, 0.25) is 0 Å². The molecule has 0 radical (unpaired) electrons. The fraction of sp³-hybridized carbons (Fsp3) is 0.200. The monoisotopic (exact) mass is 177 g/mol. The van der Waals surface area contributed by atoms with Crippen molar-refractivity contribution in [2.24, 2.45) is 0 Å². The van der Waals surface area contributed by atoms with Gasteiger partial charge in [-0.2, -0.15) is 0 Å². The molecule has 0 spiro atoms. The number of H-pyrrole nitrogens is 1. The highest BCUT2D eigenvalue weighted by Gasteiger charge is 2.03. The van der Waals surface area contributed by atoms with Crippen molar-refractivity contribution in [2.75, 3.05) is 0 Å². The van der Waals surface area contributed by atoms with Gasteiger partial charge >= 0.3 is 0 Å². The Hall–Kier alpha value is -1.48. The molecule has 0 aliphatic heterocycles. The van der Waals surface area contributed by atoms with Crippen LogP contribution in [-0.2, 0) is 0 Å². The van der Waals surface area contributed by atoms with Gasteiger partial charge in [-0.1, -0.05) is 6.07 Å². The second-order valence-electron chi connectivity index (χ2n) is 2.91. The van der Waals surface area contributed by atoms with E-state index in [2.05, 4.69) is 4.98 Å². The van der Waals surface area contributed by atoms with Crippen molar-refractivity contribution < 1.29 is 9.84 Å². The molecular weight excluding hydrogens is 166 g/mol. The van der Waals surface area contributed by atoms with Gasteiger partial charge in [-0.3, -0.25) is 0 Å². The molecule has 0 bridgehead atoms. The predicted octanol–water partition coefficient (Wildman–Crippen LogP) is 1.88. The molecule has 1 heterocycles. The summed E-state index contributed by atoms with van der Waals surface area (Å²) in [5.74, 6) is 0.703. The first kappa shape index (κ1) is 8.13. The zero-order valence-electron chi connectivity index (χ0n) is 7.32. The Kier molecular flexibility index (Phi) is 1.94. The van der Waals surface area contributed by atoms with Crippen molar-refractivity contribution in [3.8, 4) is 5.75 Å². The number of fused-ring (bicyclic) bond motifs is 1. The first-order chi connectivity index (χ1) is 6.27. The topological polar surface area (TPSA) is 45.2 Å². The molecule has 0 fully saturated rings. The molecule has 1 aromatic carbocycles. The zero-order valence-corrected chi connectivity index (χ0v) is 7.32. The van der Waals surface area contributed by atoms with E-state index in [0.29, 0.717) is 5.75 Å². The first-order valence-corrected chi connectivity index (χ1v) is 4.18. The van der Waals surface area contributed by atoms with Gasteiger partial charge in [0, 0.05) is 17.1 Å². The van der Waals surface area contributed by atoms with Gasteiger partial charge in [0.15, 0.2) is 6.29 Å². The lowest BCUT2D eigenvalue weighted by Gasteiger charge is -2.08. The van der Waals surface area contributed by atoms with E-state index in [0.717, 1.165) is 10.9 Å². The Labute approximate surface area is 76.0 Å². The number of aromatic nitrogens is 1. The Balaban J connectivity index is 2.48. The summed E-state index contributed by atoms with van der Waals surface area (Å²) in [5.41, 5.74) is 1.01. The number of aliphatic hydroxyl groups excluding tert-OH is 1. The van der Waals surface area contributed by atoms with Crippen molar-refractivity contribution >= 4 is 10.9 Å². The third kappa shape index (κ3) is 1.51. The minimum absolute atomic E-state index is 0.703. The predicted molar refractivity (Wildman–Crippen MR) is 50.6 cm³/mol. The summed E-state index contributed by atoms with van der Waals surface area (Å²) in [4.78, 5) is 3.07. The van der Waals surface area contributed by atoms with Crippen molar-refractivity contribution in [1.82, 2.24) is 4.98 Å². The summed E-state index contributed by atoms with van der Waals surface area (Å²) >= 11 is 0. The molecule has 13 heavy (non-hydrogen) atoms. The van der Waals surface area contributed by atoms with E-state index < -0.39 is 6.29 Å². The van der Waals surface area contributed by atoms with Crippen LogP contribution in [-0.4, -0.2) is 16.4 Å². The number of hydrogen-bond acceptors (Lipinski definition) is 2. The van der Waals surface area contributed by atoms with Gasteiger partial charge in [-0.05, 0) is 25.1 Å². The molecule has 3 heteroatoms. The van der Waals surface area contributed by atoms with E-state index in [9.17, 15) is 0 Å². The average molecular weight is 177 g/mol. The molecule has 68 valence electrons. The van der Waals surface area contributed by atoms with Crippen LogP contribution in [0.5, 0.6) is 5.75 Å². The maximum Gasteiger partial charge on any atom is 0.194 e.